The van der Waals surface area contributed by atoms with Crippen molar-refractivity contribution < 1.29 is 5.21 Å². The summed E-state index contributed by atoms with van der Waals surface area (Å²) >= 11 is 0. The van der Waals surface area contributed by atoms with Gasteiger partial charge in [0.1, 0.15) is 0 Å². The number of para-hydroxylation sites is 1. The van der Waals surface area contributed by atoms with E-state index in [2.05, 4.69) is 33.7 Å². The van der Waals surface area contributed by atoms with Crippen LogP contribution < -0.4 is 11.1 Å². The Kier molecular flexibility index (Phi) is 4.09. The van der Waals surface area contributed by atoms with Crippen molar-refractivity contribution in [1.82, 2.24) is 10.3 Å². The fraction of sp³-hybridized carbons (Fsp3) is 0.231. The molecule has 1 aromatic carbocycles. The first-order chi connectivity index (χ1) is 8.81. The first-order valence-electron chi connectivity index (χ1n) is 5.81. The summed E-state index contributed by atoms with van der Waals surface area (Å²) in [6.07, 6.45) is 2.66. The second kappa shape index (κ2) is 5.97. The van der Waals surface area contributed by atoms with Gasteiger partial charge in [0, 0.05) is 11.6 Å². The number of aromatic nitrogens is 1. The largest absolute Gasteiger partial charge is 0.409 e. The predicted molar refractivity (Wildman–Crippen MR) is 71.7 cm³/mol. The fourth-order valence-electron chi connectivity index (χ4n) is 1.84. The molecule has 0 amide bonds. The number of nitrogens with zero attached hydrogens (tertiary/aromatic N) is 2. The maximum atomic E-state index is 8.41. The topological polar surface area (TPSA) is 83.5 Å². The molecule has 0 bridgehead atoms. The zero-order chi connectivity index (χ0) is 12.8. The molecular weight excluding hydrogens is 228 g/mol. The Labute approximate surface area is 105 Å². The number of amidine groups is 1. The summed E-state index contributed by atoms with van der Waals surface area (Å²) in [5, 5.41) is 15.6. The van der Waals surface area contributed by atoms with Crippen molar-refractivity contribution >= 4 is 16.7 Å². The maximum absolute atomic E-state index is 8.41. The molecule has 0 unspecified atom stereocenters. The average molecular weight is 244 g/mol. The molecule has 4 N–H and O–H groups in total. The fourth-order valence-corrected chi connectivity index (χ4v) is 1.84. The van der Waals surface area contributed by atoms with E-state index in [1.807, 2.05) is 12.1 Å². The van der Waals surface area contributed by atoms with Crippen LogP contribution in [0.1, 0.15) is 5.56 Å². The van der Waals surface area contributed by atoms with Crippen molar-refractivity contribution in [2.45, 2.75) is 6.42 Å². The minimum Gasteiger partial charge on any atom is -0.409 e. The van der Waals surface area contributed by atoms with E-state index in [9.17, 15) is 0 Å². The molecule has 1 heterocycles. The van der Waals surface area contributed by atoms with Gasteiger partial charge in [-0.25, -0.2) is 0 Å². The molecule has 0 aliphatic rings. The van der Waals surface area contributed by atoms with Gasteiger partial charge in [-0.1, -0.05) is 29.4 Å². The zero-order valence-corrected chi connectivity index (χ0v) is 10.0. The van der Waals surface area contributed by atoms with Crippen molar-refractivity contribution in [3.63, 3.8) is 0 Å². The van der Waals surface area contributed by atoms with Gasteiger partial charge in [0.05, 0.1) is 12.1 Å². The Morgan fingerprint density at radius 1 is 1.33 bits per heavy atom. The van der Waals surface area contributed by atoms with E-state index in [0.717, 1.165) is 23.9 Å². The van der Waals surface area contributed by atoms with Gasteiger partial charge in [0.25, 0.3) is 0 Å². The van der Waals surface area contributed by atoms with Crippen molar-refractivity contribution in [2.75, 3.05) is 13.1 Å². The van der Waals surface area contributed by atoms with Crippen molar-refractivity contribution in [3.05, 3.63) is 42.1 Å². The average Bonchev–Trinajstić information content (AvgIpc) is 2.43. The maximum Gasteiger partial charge on any atom is 0.153 e. The normalized spacial score (nSPS) is 11.9. The van der Waals surface area contributed by atoms with Crippen LogP contribution in [0, 0.1) is 0 Å². The van der Waals surface area contributed by atoms with Crippen LogP contribution in [0.4, 0.5) is 0 Å². The summed E-state index contributed by atoms with van der Waals surface area (Å²) in [5.41, 5.74) is 7.60. The Morgan fingerprint density at radius 2 is 2.17 bits per heavy atom. The van der Waals surface area contributed by atoms with Crippen molar-refractivity contribution in [2.24, 2.45) is 10.9 Å². The minimum absolute atomic E-state index is 0.186. The van der Waals surface area contributed by atoms with Crippen LogP contribution in [0.15, 0.2) is 41.7 Å². The van der Waals surface area contributed by atoms with Gasteiger partial charge in [-0.05, 0) is 24.6 Å². The number of nitrogens with one attached hydrogen (secondary N) is 1. The monoisotopic (exact) mass is 244 g/mol. The summed E-state index contributed by atoms with van der Waals surface area (Å²) in [5.74, 6) is 0.186. The number of benzene rings is 1. The molecule has 2 rings (SSSR count). The van der Waals surface area contributed by atoms with Crippen LogP contribution in [0.2, 0.25) is 0 Å². The number of fused-ring (bicyclic) bond motifs is 1. The van der Waals surface area contributed by atoms with Crippen molar-refractivity contribution in [3.8, 4) is 0 Å². The number of rotatable bonds is 5. The molecule has 0 aliphatic carbocycles. The lowest BCUT2D eigenvalue weighted by Gasteiger charge is -2.06. The second-order valence-corrected chi connectivity index (χ2v) is 4.01. The van der Waals surface area contributed by atoms with Gasteiger partial charge < -0.3 is 16.3 Å². The lowest BCUT2D eigenvalue weighted by atomic mass is 10.1. The standard InChI is InChI=1S/C13H16N4O/c14-12(17-18)9-15-8-6-11-4-1-3-10-5-2-7-16-13(10)11/h1-5,7,15,18H,6,8-9H2,(H2,14,17). The molecule has 94 valence electrons. The molecule has 1 aromatic heterocycles. The van der Waals surface area contributed by atoms with E-state index >= 15 is 0 Å². The van der Waals surface area contributed by atoms with E-state index in [-0.39, 0.29) is 5.84 Å². The third-order valence-corrected chi connectivity index (χ3v) is 2.72. The van der Waals surface area contributed by atoms with Gasteiger partial charge in [0.15, 0.2) is 5.84 Å². The first-order valence-corrected chi connectivity index (χ1v) is 5.81. The molecule has 0 atom stereocenters. The number of hydrogen-bond acceptors (Lipinski definition) is 4. The highest BCUT2D eigenvalue weighted by Crippen LogP contribution is 2.15. The quantitative estimate of drug-likeness (QED) is 0.242. The van der Waals surface area contributed by atoms with E-state index in [4.69, 9.17) is 10.9 Å². The number of pyridine rings is 1. The van der Waals surface area contributed by atoms with Crippen LogP contribution in [0.5, 0.6) is 0 Å². The van der Waals surface area contributed by atoms with Crippen LogP contribution in [-0.4, -0.2) is 29.1 Å². The first kappa shape index (κ1) is 12.3. The summed E-state index contributed by atoms with van der Waals surface area (Å²) < 4.78 is 0. The lowest BCUT2D eigenvalue weighted by Crippen LogP contribution is -2.30. The molecule has 0 radical (unpaired) electrons. The molecule has 0 aliphatic heterocycles. The van der Waals surface area contributed by atoms with Gasteiger partial charge in [0.2, 0.25) is 0 Å². The lowest BCUT2D eigenvalue weighted by molar-refractivity contribution is 0.317. The van der Waals surface area contributed by atoms with E-state index in [0.29, 0.717) is 6.54 Å². The van der Waals surface area contributed by atoms with Gasteiger partial charge in [-0.3, -0.25) is 4.98 Å². The summed E-state index contributed by atoms with van der Waals surface area (Å²) in [6, 6.07) is 10.1. The van der Waals surface area contributed by atoms with Crippen LogP contribution in [0.3, 0.4) is 0 Å². The predicted octanol–water partition coefficient (Wildman–Crippen LogP) is 1.11. The summed E-state index contributed by atoms with van der Waals surface area (Å²) in [4.78, 5) is 4.39. The molecule has 0 spiro atoms. The number of hydrogen-bond donors (Lipinski definition) is 3. The Bertz CT molecular complexity index is 548. The third-order valence-electron chi connectivity index (χ3n) is 2.72. The molecule has 0 saturated heterocycles. The van der Waals surface area contributed by atoms with Crippen LogP contribution >= 0.6 is 0 Å². The minimum atomic E-state index is 0.186. The van der Waals surface area contributed by atoms with Gasteiger partial charge >= 0.3 is 0 Å². The van der Waals surface area contributed by atoms with Gasteiger partial charge in [-0.2, -0.15) is 0 Å². The highest BCUT2D eigenvalue weighted by molar-refractivity contribution is 5.82. The molecule has 5 heteroatoms. The van der Waals surface area contributed by atoms with Crippen LogP contribution in [-0.2, 0) is 6.42 Å². The van der Waals surface area contributed by atoms with Crippen LogP contribution in [0.25, 0.3) is 10.9 Å². The Balaban J connectivity index is 1.99. The molecule has 5 nitrogen and oxygen atoms in total. The molecule has 0 saturated carbocycles. The highest BCUT2D eigenvalue weighted by Gasteiger charge is 2.01. The molecule has 18 heavy (non-hydrogen) atoms. The second-order valence-electron chi connectivity index (χ2n) is 4.01. The summed E-state index contributed by atoms with van der Waals surface area (Å²) in [6.45, 7) is 1.14. The Morgan fingerprint density at radius 3 is 3.00 bits per heavy atom. The number of nitrogens with two attached hydrogens (primary N) is 1. The van der Waals surface area contributed by atoms with E-state index < -0.39 is 0 Å². The Hall–Kier alpha value is -2.14. The molecule has 0 fully saturated rings. The van der Waals surface area contributed by atoms with E-state index in [1.165, 1.54) is 5.56 Å². The highest BCUT2D eigenvalue weighted by atomic mass is 16.4. The smallest absolute Gasteiger partial charge is 0.153 e. The summed E-state index contributed by atoms with van der Waals surface area (Å²) in [7, 11) is 0. The SMILES string of the molecule is N/C(CNCCc1cccc2cccnc12)=N/O. The van der Waals surface area contributed by atoms with Gasteiger partial charge in [-0.15, -0.1) is 0 Å². The van der Waals surface area contributed by atoms with E-state index in [1.54, 1.807) is 6.20 Å². The molecule has 2 aromatic rings. The molecular formula is C13H16N4O. The zero-order valence-electron chi connectivity index (χ0n) is 10.0. The third kappa shape index (κ3) is 2.95. The van der Waals surface area contributed by atoms with Crippen molar-refractivity contribution in [1.29, 1.82) is 0 Å². The number of oxime groups is 1.